The molecule has 2 nitrogen and oxygen atoms in total. The van der Waals surface area contributed by atoms with Gasteiger partial charge in [0.1, 0.15) is 0 Å². The van der Waals surface area contributed by atoms with E-state index < -0.39 is 5.97 Å². The van der Waals surface area contributed by atoms with Crippen LogP contribution in [0.15, 0.2) is 29.2 Å². The van der Waals surface area contributed by atoms with E-state index in [9.17, 15) is 4.79 Å². The summed E-state index contributed by atoms with van der Waals surface area (Å²) in [4.78, 5) is 11.7. The first-order valence-corrected chi connectivity index (χ1v) is 4.65. The number of benzene rings is 1. The summed E-state index contributed by atoms with van der Waals surface area (Å²) in [6, 6.07) is 7.32. The second-order valence-corrected chi connectivity index (χ2v) is 2.97. The van der Waals surface area contributed by atoms with Gasteiger partial charge < -0.3 is 4.74 Å². The average Bonchev–Trinajstić information content (AvgIpc) is 2.17. The third-order valence-electron chi connectivity index (χ3n) is 1.48. The minimum Gasteiger partial charge on any atom is -0.456 e. The molecule has 1 aromatic carbocycles. The molecule has 0 saturated carbocycles. The van der Waals surface area contributed by atoms with E-state index in [2.05, 4.69) is 29.2 Å². The largest absolute Gasteiger partial charge is 0.456 e. The van der Waals surface area contributed by atoms with Gasteiger partial charge in [0.2, 0.25) is 0 Å². The fourth-order valence-corrected chi connectivity index (χ4v) is 1.08. The second kappa shape index (κ2) is 5.36. The molecule has 1 aromatic rings. The number of ether oxygens (including phenoxy) is 1. The Morgan fingerprint density at radius 3 is 2.86 bits per heavy atom. The topological polar surface area (TPSA) is 26.3 Å². The first-order chi connectivity index (χ1) is 6.74. The van der Waals surface area contributed by atoms with Gasteiger partial charge in [-0.2, -0.15) is 0 Å². The van der Waals surface area contributed by atoms with E-state index in [0.717, 1.165) is 10.5 Å². The van der Waals surface area contributed by atoms with E-state index in [0.29, 0.717) is 6.61 Å². The third-order valence-corrected chi connectivity index (χ3v) is 1.87. The van der Waals surface area contributed by atoms with Gasteiger partial charge in [0.15, 0.2) is 0 Å². The van der Waals surface area contributed by atoms with E-state index in [1.807, 2.05) is 18.2 Å². The Hall–Kier alpha value is -1.40. The predicted octanol–water partition coefficient (Wildman–Crippen LogP) is 1.89. The van der Waals surface area contributed by atoms with Crippen molar-refractivity contribution in [3.8, 4) is 11.8 Å². The van der Waals surface area contributed by atoms with Crippen molar-refractivity contribution < 1.29 is 9.53 Å². The van der Waals surface area contributed by atoms with Gasteiger partial charge in [0, 0.05) is 16.4 Å². The summed E-state index contributed by atoms with van der Waals surface area (Å²) in [5, 5.41) is 0. The van der Waals surface area contributed by atoms with Crippen LogP contribution in [-0.2, 0) is 9.53 Å². The maximum atomic E-state index is 10.9. The normalized spacial score (nSPS) is 8.71. The molecule has 0 amide bonds. The zero-order valence-corrected chi connectivity index (χ0v) is 8.67. The van der Waals surface area contributed by atoms with Gasteiger partial charge in [-0.05, 0) is 19.1 Å². The summed E-state index contributed by atoms with van der Waals surface area (Å²) in [7, 11) is 0. The van der Waals surface area contributed by atoms with Crippen molar-refractivity contribution in [3.63, 3.8) is 0 Å². The fraction of sp³-hybridized carbons (Fsp3) is 0.182. The van der Waals surface area contributed by atoms with Crippen LogP contribution in [0.1, 0.15) is 12.5 Å². The molecule has 0 aliphatic heterocycles. The summed E-state index contributed by atoms with van der Waals surface area (Å²) < 4.78 is 4.67. The predicted molar refractivity (Wildman–Crippen MR) is 57.2 cm³/mol. The van der Waals surface area contributed by atoms with E-state index in [1.54, 1.807) is 13.0 Å². The molecule has 72 valence electrons. The molecular weight excluding hydrogens is 196 g/mol. The molecule has 0 fully saturated rings. The third kappa shape index (κ3) is 3.15. The summed E-state index contributed by atoms with van der Waals surface area (Å²) >= 11 is 4.20. The standard InChI is InChI=1S/C11H10O2S/c1-2-13-11(12)8-7-9-5-3-4-6-10(9)14/h3-6,14H,2H2,1H3. The van der Waals surface area contributed by atoms with Crippen LogP contribution in [0.25, 0.3) is 0 Å². The average molecular weight is 206 g/mol. The maximum Gasteiger partial charge on any atom is 0.384 e. The number of carbonyl (C=O) groups is 1. The molecule has 0 aromatic heterocycles. The van der Waals surface area contributed by atoms with E-state index in [4.69, 9.17) is 0 Å². The van der Waals surface area contributed by atoms with E-state index in [-0.39, 0.29) is 0 Å². The molecule has 0 atom stereocenters. The quantitative estimate of drug-likeness (QED) is 0.431. The molecule has 0 radical (unpaired) electrons. The summed E-state index contributed by atoms with van der Waals surface area (Å²) in [6.45, 7) is 2.09. The molecule has 0 bridgehead atoms. The van der Waals surface area contributed by atoms with Crippen molar-refractivity contribution in [2.24, 2.45) is 0 Å². The number of rotatable bonds is 1. The van der Waals surface area contributed by atoms with Gasteiger partial charge in [-0.1, -0.05) is 18.1 Å². The summed E-state index contributed by atoms with van der Waals surface area (Å²) in [6.07, 6.45) is 0. The minimum absolute atomic E-state index is 0.343. The molecule has 0 saturated heterocycles. The fourth-order valence-electron chi connectivity index (χ4n) is 0.865. The molecule has 0 spiro atoms. The number of thiol groups is 1. The molecule has 0 aliphatic carbocycles. The monoisotopic (exact) mass is 206 g/mol. The van der Waals surface area contributed by atoms with Crippen molar-refractivity contribution >= 4 is 18.6 Å². The van der Waals surface area contributed by atoms with Gasteiger partial charge in [0.25, 0.3) is 0 Å². The van der Waals surface area contributed by atoms with Crippen molar-refractivity contribution in [3.05, 3.63) is 29.8 Å². The van der Waals surface area contributed by atoms with Crippen molar-refractivity contribution in [1.29, 1.82) is 0 Å². The van der Waals surface area contributed by atoms with Crippen LogP contribution in [0.3, 0.4) is 0 Å². The van der Waals surface area contributed by atoms with Crippen LogP contribution in [0, 0.1) is 11.8 Å². The lowest BCUT2D eigenvalue weighted by Gasteiger charge is -1.94. The van der Waals surface area contributed by atoms with Crippen molar-refractivity contribution in [2.45, 2.75) is 11.8 Å². The lowest BCUT2D eigenvalue weighted by atomic mass is 10.2. The van der Waals surface area contributed by atoms with Gasteiger partial charge >= 0.3 is 5.97 Å². The second-order valence-electron chi connectivity index (χ2n) is 2.49. The summed E-state index contributed by atoms with van der Waals surface area (Å²) in [5.74, 6) is 4.57. The highest BCUT2D eigenvalue weighted by molar-refractivity contribution is 7.80. The number of hydrogen-bond donors (Lipinski definition) is 1. The molecule has 14 heavy (non-hydrogen) atoms. The maximum absolute atomic E-state index is 10.9. The highest BCUT2D eigenvalue weighted by atomic mass is 32.1. The van der Waals surface area contributed by atoms with Crippen molar-refractivity contribution in [1.82, 2.24) is 0 Å². The first kappa shape index (κ1) is 10.7. The highest BCUT2D eigenvalue weighted by Gasteiger charge is 1.95. The number of carbonyl (C=O) groups excluding carboxylic acids is 1. The van der Waals surface area contributed by atoms with Crippen LogP contribution < -0.4 is 0 Å². The lowest BCUT2D eigenvalue weighted by Crippen LogP contribution is -1.99. The molecular formula is C11H10O2S. The van der Waals surface area contributed by atoms with E-state index >= 15 is 0 Å². The smallest absolute Gasteiger partial charge is 0.384 e. The van der Waals surface area contributed by atoms with Gasteiger partial charge in [0.05, 0.1) is 6.61 Å². The summed E-state index contributed by atoms with van der Waals surface area (Å²) in [5.41, 5.74) is 0.726. The number of hydrogen-bond acceptors (Lipinski definition) is 3. The Bertz CT molecular complexity index is 388. The molecule has 0 aliphatic rings. The first-order valence-electron chi connectivity index (χ1n) is 4.20. The van der Waals surface area contributed by atoms with Gasteiger partial charge in [-0.3, -0.25) is 0 Å². The number of esters is 1. The molecule has 1 rings (SSSR count). The Kier molecular flexibility index (Phi) is 4.09. The zero-order valence-electron chi connectivity index (χ0n) is 7.78. The highest BCUT2D eigenvalue weighted by Crippen LogP contribution is 2.10. The molecule has 3 heteroatoms. The van der Waals surface area contributed by atoms with Crippen LogP contribution in [0.4, 0.5) is 0 Å². The molecule has 0 N–H and O–H groups in total. The Morgan fingerprint density at radius 2 is 2.21 bits per heavy atom. The van der Waals surface area contributed by atoms with Gasteiger partial charge in [-0.25, -0.2) is 4.79 Å². The Morgan fingerprint density at radius 1 is 1.50 bits per heavy atom. The molecule has 0 heterocycles. The lowest BCUT2D eigenvalue weighted by molar-refractivity contribution is -0.136. The van der Waals surface area contributed by atoms with Gasteiger partial charge in [-0.15, -0.1) is 12.6 Å². The molecule has 0 unspecified atom stereocenters. The zero-order chi connectivity index (χ0) is 10.4. The van der Waals surface area contributed by atoms with Crippen LogP contribution in [0.2, 0.25) is 0 Å². The van der Waals surface area contributed by atoms with Crippen LogP contribution >= 0.6 is 12.6 Å². The van der Waals surface area contributed by atoms with Crippen LogP contribution in [0.5, 0.6) is 0 Å². The van der Waals surface area contributed by atoms with E-state index in [1.165, 1.54) is 0 Å². The van der Waals surface area contributed by atoms with Crippen molar-refractivity contribution in [2.75, 3.05) is 6.61 Å². The Balaban J connectivity index is 2.77. The Labute approximate surface area is 88.7 Å². The van der Waals surface area contributed by atoms with Crippen LogP contribution in [-0.4, -0.2) is 12.6 Å². The SMILES string of the molecule is CCOC(=O)C#Cc1ccccc1S. The minimum atomic E-state index is -0.510.